The molecule has 4 heteroatoms. The highest BCUT2D eigenvalue weighted by atomic mass is 17.1. The highest BCUT2D eigenvalue weighted by molar-refractivity contribution is 5.94. The lowest BCUT2D eigenvalue weighted by atomic mass is 10.2. The fourth-order valence-corrected chi connectivity index (χ4v) is 0.732. The molecular formula is C7H7NO3. The second kappa shape index (κ2) is 3.03. The van der Waals surface area contributed by atoms with Crippen LogP contribution in [0.15, 0.2) is 24.3 Å². The fourth-order valence-electron chi connectivity index (χ4n) is 0.732. The first-order chi connectivity index (χ1) is 5.25. The lowest BCUT2D eigenvalue weighted by molar-refractivity contribution is -0.182. The van der Waals surface area contributed by atoms with Crippen molar-refractivity contribution in [1.82, 2.24) is 0 Å². The minimum absolute atomic E-state index is 0.162. The van der Waals surface area contributed by atoms with Gasteiger partial charge in [-0.15, -0.1) is 0 Å². The standard InChI is InChI=1S/C7H7NO3/c8-6-4-2-1-3-5(6)7(9)11-10/h1-4,10H,8H2. The van der Waals surface area contributed by atoms with E-state index in [1.54, 1.807) is 18.2 Å². The van der Waals surface area contributed by atoms with Crippen LogP contribution < -0.4 is 5.73 Å². The molecule has 0 amide bonds. The molecule has 1 aromatic rings. The summed E-state index contributed by atoms with van der Waals surface area (Å²) in [6.07, 6.45) is 0. The lowest BCUT2D eigenvalue weighted by Gasteiger charge is -1.98. The van der Waals surface area contributed by atoms with Crippen molar-refractivity contribution in [2.45, 2.75) is 0 Å². The maximum atomic E-state index is 10.7. The summed E-state index contributed by atoms with van der Waals surface area (Å²) in [6, 6.07) is 6.33. The molecule has 0 saturated carbocycles. The van der Waals surface area contributed by atoms with E-state index in [2.05, 4.69) is 4.89 Å². The molecule has 1 aromatic carbocycles. The number of hydrogen-bond donors (Lipinski definition) is 2. The first-order valence-electron chi connectivity index (χ1n) is 2.96. The van der Waals surface area contributed by atoms with Crippen LogP contribution in [0.4, 0.5) is 5.69 Å². The largest absolute Gasteiger partial charge is 0.398 e. The number of hydrogen-bond acceptors (Lipinski definition) is 4. The SMILES string of the molecule is Nc1ccccc1C(=O)OO. The normalized spacial score (nSPS) is 9.18. The number of anilines is 1. The van der Waals surface area contributed by atoms with Gasteiger partial charge in [-0.2, -0.15) is 5.26 Å². The third-order valence-corrected chi connectivity index (χ3v) is 1.26. The molecule has 0 aliphatic carbocycles. The summed E-state index contributed by atoms with van der Waals surface area (Å²) in [5, 5.41) is 8.01. The maximum Gasteiger partial charge on any atom is 0.374 e. The van der Waals surface area contributed by atoms with Crippen LogP contribution in [0.3, 0.4) is 0 Å². The zero-order valence-electron chi connectivity index (χ0n) is 5.65. The first kappa shape index (κ1) is 7.56. The van der Waals surface area contributed by atoms with Crippen molar-refractivity contribution >= 4 is 11.7 Å². The topological polar surface area (TPSA) is 72.6 Å². The third kappa shape index (κ3) is 1.47. The second-order valence-corrected chi connectivity index (χ2v) is 1.97. The van der Waals surface area contributed by atoms with E-state index in [0.717, 1.165) is 0 Å². The number of nitrogens with two attached hydrogens (primary N) is 1. The maximum absolute atomic E-state index is 10.7. The Hall–Kier alpha value is -1.55. The number of nitrogen functional groups attached to an aromatic ring is 1. The minimum atomic E-state index is -0.844. The smallest absolute Gasteiger partial charge is 0.374 e. The van der Waals surface area contributed by atoms with Crippen LogP contribution in [-0.4, -0.2) is 11.2 Å². The minimum Gasteiger partial charge on any atom is -0.398 e. The summed E-state index contributed by atoms with van der Waals surface area (Å²) in [4.78, 5) is 14.2. The Morgan fingerprint density at radius 2 is 2.09 bits per heavy atom. The number of rotatable bonds is 1. The molecule has 0 aliphatic rings. The molecule has 0 bridgehead atoms. The van der Waals surface area contributed by atoms with E-state index in [9.17, 15) is 4.79 Å². The van der Waals surface area contributed by atoms with Gasteiger partial charge in [0, 0.05) is 5.69 Å². The van der Waals surface area contributed by atoms with Crippen molar-refractivity contribution in [3.8, 4) is 0 Å². The average molecular weight is 153 g/mol. The average Bonchev–Trinajstić information content (AvgIpc) is 2.04. The Balaban J connectivity index is 3.03. The lowest BCUT2D eigenvalue weighted by Crippen LogP contribution is -2.04. The van der Waals surface area contributed by atoms with Gasteiger partial charge in [0.05, 0.1) is 5.56 Å². The van der Waals surface area contributed by atoms with Crippen LogP contribution in [-0.2, 0) is 4.89 Å². The summed E-state index contributed by atoms with van der Waals surface area (Å²) >= 11 is 0. The van der Waals surface area contributed by atoms with Crippen LogP contribution in [0.5, 0.6) is 0 Å². The van der Waals surface area contributed by atoms with Crippen LogP contribution >= 0.6 is 0 Å². The number of para-hydroxylation sites is 1. The zero-order chi connectivity index (χ0) is 8.27. The predicted molar refractivity (Wildman–Crippen MR) is 38.9 cm³/mol. The molecule has 0 fully saturated rings. The van der Waals surface area contributed by atoms with Crippen molar-refractivity contribution in [2.75, 3.05) is 5.73 Å². The first-order valence-corrected chi connectivity index (χ1v) is 2.96. The van der Waals surface area contributed by atoms with Gasteiger partial charge in [-0.25, -0.2) is 4.79 Å². The summed E-state index contributed by atoms with van der Waals surface area (Å²) in [5.41, 5.74) is 5.83. The quantitative estimate of drug-likeness (QED) is 0.357. The fraction of sp³-hybridized carbons (Fsp3) is 0. The summed E-state index contributed by atoms with van der Waals surface area (Å²) in [6.45, 7) is 0. The molecule has 4 nitrogen and oxygen atoms in total. The molecule has 0 radical (unpaired) electrons. The molecule has 11 heavy (non-hydrogen) atoms. The van der Waals surface area contributed by atoms with Crippen LogP contribution in [0.2, 0.25) is 0 Å². The molecule has 0 aliphatic heterocycles. The van der Waals surface area contributed by atoms with Gasteiger partial charge in [0.25, 0.3) is 0 Å². The monoisotopic (exact) mass is 153 g/mol. The molecule has 0 aromatic heterocycles. The van der Waals surface area contributed by atoms with Gasteiger partial charge >= 0.3 is 5.97 Å². The summed E-state index contributed by atoms with van der Waals surface area (Å²) < 4.78 is 0. The Morgan fingerprint density at radius 3 is 2.64 bits per heavy atom. The van der Waals surface area contributed by atoms with E-state index < -0.39 is 5.97 Å². The van der Waals surface area contributed by atoms with Crippen molar-refractivity contribution in [1.29, 1.82) is 0 Å². The van der Waals surface area contributed by atoms with E-state index in [1.165, 1.54) is 6.07 Å². The van der Waals surface area contributed by atoms with Gasteiger partial charge in [-0.3, -0.25) is 4.89 Å². The van der Waals surface area contributed by atoms with Crippen LogP contribution in [0.1, 0.15) is 10.4 Å². The van der Waals surface area contributed by atoms with Gasteiger partial charge in [0.1, 0.15) is 0 Å². The Kier molecular flexibility index (Phi) is 2.08. The molecule has 58 valence electrons. The Labute approximate surface area is 63.1 Å². The van der Waals surface area contributed by atoms with Gasteiger partial charge in [-0.05, 0) is 12.1 Å². The Bertz CT molecular complexity index is 272. The molecular weight excluding hydrogens is 146 g/mol. The predicted octanol–water partition coefficient (Wildman–Crippen LogP) is 0.899. The van der Waals surface area contributed by atoms with E-state index in [0.29, 0.717) is 0 Å². The van der Waals surface area contributed by atoms with Crippen molar-refractivity contribution in [2.24, 2.45) is 0 Å². The van der Waals surface area contributed by atoms with E-state index in [-0.39, 0.29) is 11.3 Å². The molecule has 1 rings (SSSR count). The summed E-state index contributed by atoms with van der Waals surface area (Å²) in [7, 11) is 0. The Morgan fingerprint density at radius 1 is 1.45 bits per heavy atom. The second-order valence-electron chi connectivity index (χ2n) is 1.97. The molecule has 0 spiro atoms. The zero-order valence-corrected chi connectivity index (χ0v) is 5.65. The number of benzene rings is 1. The van der Waals surface area contributed by atoms with Crippen molar-refractivity contribution < 1.29 is 14.9 Å². The highest BCUT2D eigenvalue weighted by Crippen LogP contribution is 2.10. The third-order valence-electron chi connectivity index (χ3n) is 1.26. The molecule has 3 N–H and O–H groups in total. The molecule has 0 unspecified atom stereocenters. The summed E-state index contributed by atoms with van der Waals surface area (Å²) in [5.74, 6) is -0.844. The van der Waals surface area contributed by atoms with Gasteiger partial charge < -0.3 is 5.73 Å². The van der Waals surface area contributed by atoms with Crippen molar-refractivity contribution in [3.05, 3.63) is 29.8 Å². The number of carbonyl (C=O) groups excluding carboxylic acids is 1. The van der Waals surface area contributed by atoms with E-state index in [1.807, 2.05) is 0 Å². The van der Waals surface area contributed by atoms with E-state index in [4.69, 9.17) is 11.0 Å². The van der Waals surface area contributed by atoms with Crippen LogP contribution in [0, 0.1) is 0 Å². The van der Waals surface area contributed by atoms with Crippen molar-refractivity contribution in [3.63, 3.8) is 0 Å². The molecule has 0 saturated heterocycles. The molecule has 0 heterocycles. The number of carbonyl (C=O) groups is 1. The highest BCUT2D eigenvalue weighted by Gasteiger charge is 2.08. The van der Waals surface area contributed by atoms with Gasteiger partial charge in [-0.1, -0.05) is 12.1 Å². The van der Waals surface area contributed by atoms with Gasteiger partial charge in [0.2, 0.25) is 0 Å². The molecule has 0 atom stereocenters. The van der Waals surface area contributed by atoms with E-state index >= 15 is 0 Å². The van der Waals surface area contributed by atoms with Gasteiger partial charge in [0.15, 0.2) is 0 Å². The van der Waals surface area contributed by atoms with Crippen LogP contribution in [0.25, 0.3) is 0 Å².